The van der Waals surface area contributed by atoms with Crippen LogP contribution < -0.4 is 10.5 Å². The van der Waals surface area contributed by atoms with Crippen molar-refractivity contribution in [3.8, 4) is 5.75 Å². The average molecular weight is 322 g/mol. The first-order chi connectivity index (χ1) is 11.1. The predicted molar refractivity (Wildman–Crippen MR) is 99.1 cm³/mol. The van der Waals surface area contributed by atoms with Crippen LogP contribution in [-0.2, 0) is 0 Å². The number of benzene rings is 1. The topological polar surface area (TPSA) is 41.7 Å². The summed E-state index contributed by atoms with van der Waals surface area (Å²) in [6.45, 7) is 9.00. The highest BCUT2D eigenvalue weighted by atomic mass is 16.5. The summed E-state index contributed by atoms with van der Waals surface area (Å²) in [4.78, 5) is 4.64. The summed E-state index contributed by atoms with van der Waals surface area (Å²) in [6, 6.07) is 8.71. The minimum absolute atomic E-state index is 0.275. The molecule has 0 aromatic heterocycles. The average Bonchev–Trinajstić information content (AvgIpc) is 2.55. The second kappa shape index (κ2) is 11.4. The Morgan fingerprint density at radius 1 is 1.13 bits per heavy atom. The molecule has 0 aliphatic heterocycles. The van der Waals surface area contributed by atoms with Gasteiger partial charge < -0.3 is 15.4 Å². The zero-order valence-electron chi connectivity index (χ0n) is 15.4. The fourth-order valence-corrected chi connectivity index (χ4v) is 2.77. The fraction of sp³-hybridized carbons (Fsp3) is 0.684. The van der Waals surface area contributed by atoms with Crippen molar-refractivity contribution in [3.63, 3.8) is 0 Å². The lowest BCUT2D eigenvalue weighted by Crippen LogP contribution is -2.34. The van der Waals surface area contributed by atoms with Gasteiger partial charge in [0.2, 0.25) is 0 Å². The van der Waals surface area contributed by atoms with Crippen molar-refractivity contribution in [2.75, 3.05) is 46.9 Å². The monoisotopic (exact) mass is 321 g/mol. The molecule has 0 radical (unpaired) electrons. The van der Waals surface area contributed by atoms with Crippen LogP contribution in [0, 0.1) is 0 Å². The van der Waals surface area contributed by atoms with Gasteiger partial charge in [-0.15, -0.1) is 0 Å². The maximum Gasteiger partial charge on any atom is 0.119 e. The van der Waals surface area contributed by atoms with E-state index in [1.54, 1.807) is 0 Å². The van der Waals surface area contributed by atoms with E-state index >= 15 is 0 Å². The Morgan fingerprint density at radius 3 is 2.52 bits per heavy atom. The molecule has 0 fully saturated rings. The molecule has 0 saturated heterocycles. The number of unbranched alkanes of at least 4 members (excludes halogenated alkanes) is 1. The van der Waals surface area contributed by atoms with Crippen molar-refractivity contribution < 1.29 is 4.74 Å². The van der Waals surface area contributed by atoms with Gasteiger partial charge in [-0.2, -0.15) is 0 Å². The smallest absolute Gasteiger partial charge is 0.119 e. The van der Waals surface area contributed by atoms with Gasteiger partial charge in [0.1, 0.15) is 5.75 Å². The van der Waals surface area contributed by atoms with Gasteiger partial charge in [0.15, 0.2) is 0 Å². The summed E-state index contributed by atoms with van der Waals surface area (Å²) in [6.07, 6.45) is 3.46. The Labute approximate surface area is 142 Å². The minimum Gasteiger partial charge on any atom is -0.494 e. The third-order valence-electron chi connectivity index (χ3n) is 4.13. The van der Waals surface area contributed by atoms with Gasteiger partial charge in [0.05, 0.1) is 6.61 Å². The van der Waals surface area contributed by atoms with Crippen molar-refractivity contribution in [2.45, 2.75) is 39.2 Å². The molecule has 1 unspecified atom stereocenters. The van der Waals surface area contributed by atoms with E-state index in [1.807, 2.05) is 6.07 Å². The van der Waals surface area contributed by atoms with Crippen molar-refractivity contribution in [1.29, 1.82) is 0 Å². The summed E-state index contributed by atoms with van der Waals surface area (Å²) in [5.74, 6) is 0.950. The maximum absolute atomic E-state index is 6.07. The Kier molecular flexibility index (Phi) is 9.92. The first kappa shape index (κ1) is 19.9. The molecule has 1 aromatic rings. The van der Waals surface area contributed by atoms with Crippen molar-refractivity contribution >= 4 is 0 Å². The summed E-state index contributed by atoms with van der Waals surface area (Å²) in [5, 5.41) is 0. The van der Waals surface area contributed by atoms with Crippen molar-refractivity contribution in [3.05, 3.63) is 29.8 Å². The van der Waals surface area contributed by atoms with Crippen LogP contribution in [0.3, 0.4) is 0 Å². The van der Waals surface area contributed by atoms with Crippen molar-refractivity contribution in [2.24, 2.45) is 5.73 Å². The normalized spacial score (nSPS) is 12.8. The molecular formula is C19H35N3O. The highest BCUT2D eigenvalue weighted by molar-refractivity contribution is 5.31. The molecule has 0 heterocycles. The lowest BCUT2D eigenvalue weighted by Gasteiger charge is -2.30. The molecule has 0 aliphatic carbocycles. The van der Waals surface area contributed by atoms with Gasteiger partial charge in [0.25, 0.3) is 0 Å². The quantitative estimate of drug-likeness (QED) is 0.601. The van der Waals surface area contributed by atoms with E-state index in [0.29, 0.717) is 6.54 Å². The second-order valence-electron chi connectivity index (χ2n) is 6.31. The highest BCUT2D eigenvalue weighted by Gasteiger charge is 2.17. The molecule has 0 saturated carbocycles. The van der Waals surface area contributed by atoms with Gasteiger partial charge in [-0.05, 0) is 57.7 Å². The van der Waals surface area contributed by atoms with Gasteiger partial charge in [0, 0.05) is 19.1 Å². The molecule has 4 heteroatoms. The maximum atomic E-state index is 6.07. The molecule has 0 bridgehead atoms. The zero-order valence-corrected chi connectivity index (χ0v) is 15.4. The van der Waals surface area contributed by atoms with Crippen LogP contribution in [0.5, 0.6) is 5.75 Å². The van der Waals surface area contributed by atoms with E-state index in [2.05, 4.69) is 55.9 Å². The lowest BCUT2D eigenvalue weighted by molar-refractivity contribution is 0.208. The van der Waals surface area contributed by atoms with Crippen LogP contribution >= 0.6 is 0 Å². The van der Waals surface area contributed by atoms with Crippen LogP contribution in [0.15, 0.2) is 24.3 Å². The summed E-state index contributed by atoms with van der Waals surface area (Å²) in [7, 11) is 4.17. The van der Waals surface area contributed by atoms with Crippen LogP contribution in [0.25, 0.3) is 0 Å². The van der Waals surface area contributed by atoms with Gasteiger partial charge in [-0.25, -0.2) is 0 Å². The molecular weight excluding hydrogens is 286 g/mol. The van der Waals surface area contributed by atoms with Gasteiger partial charge >= 0.3 is 0 Å². The molecule has 23 heavy (non-hydrogen) atoms. The predicted octanol–water partition coefficient (Wildman–Crippen LogP) is 3.14. The van der Waals surface area contributed by atoms with E-state index in [9.17, 15) is 0 Å². The van der Waals surface area contributed by atoms with Gasteiger partial charge in [-0.1, -0.05) is 32.4 Å². The standard InChI is InChI=1S/C19H35N3O/c1-5-7-13-22(6-2)19(16-20)17-10-8-11-18(15-17)23-14-9-12-21(3)4/h8,10-11,15,19H,5-7,9,12-14,16,20H2,1-4H3. The van der Waals surface area contributed by atoms with Crippen LogP contribution in [-0.4, -0.2) is 56.7 Å². The lowest BCUT2D eigenvalue weighted by atomic mass is 10.0. The summed E-state index contributed by atoms with van der Waals surface area (Å²) < 4.78 is 5.90. The van der Waals surface area contributed by atoms with Crippen LogP contribution in [0.1, 0.15) is 44.7 Å². The molecule has 2 N–H and O–H groups in total. The van der Waals surface area contributed by atoms with E-state index < -0.39 is 0 Å². The van der Waals surface area contributed by atoms with E-state index in [0.717, 1.165) is 38.4 Å². The fourth-order valence-electron chi connectivity index (χ4n) is 2.77. The van der Waals surface area contributed by atoms with E-state index in [-0.39, 0.29) is 6.04 Å². The number of hydrogen-bond acceptors (Lipinski definition) is 4. The summed E-state index contributed by atoms with van der Waals surface area (Å²) in [5.41, 5.74) is 7.33. The molecule has 4 nitrogen and oxygen atoms in total. The first-order valence-corrected chi connectivity index (χ1v) is 8.93. The molecule has 0 amide bonds. The molecule has 1 rings (SSSR count). The molecule has 1 aromatic carbocycles. The third kappa shape index (κ3) is 7.34. The number of hydrogen-bond donors (Lipinski definition) is 1. The Balaban J connectivity index is 2.67. The minimum atomic E-state index is 0.275. The molecule has 0 aliphatic rings. The first-order valence-electron chi connectivity index (χ1n) is 8.93. The molecule has 1 atom stereocenters. The number of likely N-dealkylation sites (N-methyl/N-ethyl adjacent to an activating group) is 1. The van der Waals surface area contributed by atoms with Gasteiger partial charge in [-0.3, -0.25) is 4.90 Å². The van der Waals surface area contributed by atoms with Crippen molar-refractivity contribution in [1.82, 2.24) is 9.80 Å². The number of ether oxygens (including phenoxy) is 1. The Bertz CT molecular complexity index is 423. The van der Waals surface area contributed by atoms with E-state index in [1.165, 1.54) is 18.4 Å². The third-order valence-corrected chi connectivity index (χ3v) is 4.13. The highest BCUT2D eigenvalue weighted by Crippen LogP contribution is 2.24. The zero-order chi connectivity index (χ0) is 17.1. The Hall–Kier alpha value is -1.10. The SMILES string of the molecule is CCCCN(CC)C(CN)c1cccc(OCCCN(C)C)c1. The largest absolute Gasteiger partial charge is 0.494 e. The molecule has 132 valence electrons. The Morgan fingerprint density at radius 2 is 1.91 bits per heavy atom. The molecule has 0 spiro atoms. The summed E-state index contributed by atoms with van der Waals surface area (Å²) >= 11 is 0. The van der Waals surface area contributed by atoms with Crippen LogP contribution in [0.4, 0.5) is 0 Å². The number of nitrogens with two attached hydrogens (primary N) is 1. The van der Waals surface area contributed by atoms with E-state index in [4.69, 9.17) is 10.5 Å². The van der Waals surface area contributed by atoms with Crippen LogP contribution in [0.2, 0.25) is 0 Å². The second-order valence-corrected chi connectivity index (χ2v) is 6.31. The number of rotatable bonds is 12. The number of nitrogens with zero attached hydrogens (tertiary/aromatic N) is 2.